The first-order valence-corrected chi connectivity index (χ1v) is 4.57. The lowest BCUT2D eigenvalue weighted by Crippen LogP contribution is -2.16. The van der Waals surface area contributed by atoms with Gasteiger partial charge in [-0.15, -0.1) is 0 Å². The third-order valence-electron chi connectivity index (χ3n) is 2.13. The van der Waals surface area contributed by atoms with Crippen molar-refractivity contribution in [1.82, 2.24) is 0 Å². The zero-order chi connectivity index (χ0) is 9.03. The van der Waals surface area contributed by atoms with E-state index in [0.29, 0.717) is 5.92 Å². The monoisotopic (exact) mass is 166 g/mol. The summed E-state index contributed by atoms with van der Waals surface area (Å²) >= 11 is 0. The molecule has 1 nitrogen and oxygen atoms in total. The van der Waals surface area contributed by atoms with E-state index in [4.69, 9.17) is 4.74 Å². The van der Waals surface area contributed by atoms with Crippen molar-refractivity contribution in [2.75, 3.05) is 6.61 Å². The summed E-state index contributed by atoms with van der Waals surface area (Å²) in [6, 6.07) is 0. The summed E-state index contributed by atoms with van der Waals surface area (Å²) in [4.78, 5) is 0. The summed E-state index contributed by atoms with van der Waals surface area (Å²) in [5, 5.41) is 0. The molecule has 12 heavy (non-hydrogen) atoms. The third kappa shape index (κ3) is 2.82. The highest BCUT2D eigenvalue weighted by Crippen LogP contribution is 2.29. The molecule has 0 saturated carbocycles. The van der Waals surface area contributed by atoms with Gasteiger partial charge < -0.3 is 4.74 Å². The Morgan fingerprint density at radius 1 is 1.33 bits per heavy atom. The van der Waals surface area contributed by atoms with Crippen LogP contribution in [0.25, 0.3) is 0 Å². The zero-order valence-corrected chi connectivity index (χ0v) is 8.21. The Hall–Kier alpha value is -0.560. The lowest BCUT2D eigenvalue weighted by Gasteiger charge is -2.14. The van der Waals surface area contributed by atoms with Gasteiger partial charge in [-0.2, -0.15) is 0 Å². The van der Waals surface area contributed by atoms with Gasteiger partial charge in [-0.3, -0.25) is 0 Å². The van der Waals surface area contributed by atoms with E-state index < -0.39 is 0 Å². The minimum absolute atomic E-state index is 0.0882. The van der Waals surface area contributed by atoms with Gasteiger partial charge >= 0.3 is 0 Å². The molecule has 0 amide bonds. The Bertz CT molecular complexity index is 189. The van der Waals surface area contributed by atoms with Crippen LogP contribution in [-0.2, 0) is 4.74 Å². The molecule has 0 unspecified atom stereocenters. The van der Waals surface area contributed by atoms with Crippen molar-refractivity contribution in [2.24, 2.45) is 5.92 Å². The molecule has 1 aliphatic heterocycles. The fourth-order valence-corrected chi connectivity index (χ4v) is 1.54. The molecule has 0 aromatic carbocycles. The van der Waals surface area contributed by atoms with E-state index in [9.17, 15) is 0 Å². The molecule has 0 spiro atoms. The van der Waals surface area contributed by atoms with Crippen LogP contribution in [0.2, 0.25) is 0 Å². The fourth-order valence-electron chi connectivity index (χ4n) is 1.54. The number of rotatable bonds is 2. The molecule has 1 atom stereocenters. The molecule has 1 heterocycles. The van der Waals surface area contributed by atoms with E-state index in [1.165, 1.54) is 0 Å². The van der Waals surface area contributed by atoms with Crippen molar-refractivity contribution >= 4 is 0 Å². The second-order valence-electron chi connectivity index (χ2n) is 3.95. The van der Waals surface area contributed by atoms with Crippen LogP contribution in [0.5, 0.6) is 0 Å². The van der Waals surface area contributed by atoms with Crippen LogP contribution in [0, 0.1) is 5.92 Å². The number of hydrogen-bond acceptors (Lipinski definition) is 1. The van der Waals surface area contributed by atoms with E-state index in [2.05, 4.69) is 32.1 Å². The summed E-state index contributed by atoms with van der Waals surface area (Å²) in [5.74, 6) is 0.608. The van der Waals surface area contributed by atoms with Gasteiger partial charge in [-0.25, -0.2) is 0 Å². The van der Waals surface area contributed by atoms with E-state index in [1.807, 2.05) is 13.0 Å². The quantitative estimate of drug-likeness (QED) is 0.573. The smallest absolute Gasteiger partial charge is 0.0633 e. The SMILES string of the molecule is C/C=C/C=C/[C@H]1COC(C)(C)C1. The van der Waals surface area contributed by atoms with E-state index in [1.54, 1.807) is 0 Å². The van der Waals surface area contributed by atoms with Gasteiger partial charge in [0.2, 0.25) is 0 Å². The third-order valence-corrected chi connectivity index (χ3v) is 2.13. The summed E-state index contributed by atoms with van der Waals surface area (Å²) in [7, 11) is 0. The first kappa shape index (κ1) is 9.53. The van der Waals surface area contributed by atoms with Gasteiger partial charge in [0, 0.05) is 5.92 Å². The summed E-state index contributed by atoms with van der Waals surface area (Å²) < 4.78 is 5.61. The van der Waals surface area contributed by atoms with Gasteiger partial charge in [0.25, 0.3) is 0 Å². The molecule has 0 aliphatic carbocycles. The van der Waals surface area contributed by atoms with Crippen molar-refractivity contribution < 1.29 is 4.74 Å². The van der Waals surface area contributed by atoms with Crippen molar-refractivity contribution in [3.8, 4) is 0 Å². The van der Waals surface area contributed by atoms with Crippen molar-refractivity contribution in [2.45, 2.75) is 32.8 Å². The van der Waals surface area contributed by atoms with Crippen LogP contribution in [0.15, 0.2) is 24.3 Å². The molecule has 1 aliphatic rings. The van der Waals surface area contributed by atoms with Gasteiger partial charge in [0.1, 0.15) is 0 Å². The highest BCUT2D eigenvalue weighted by Gasteiger charge is 2.29. The maximum absolute atomic E-state index is 5.61. The van der Waals surface area contributed by atoms with Gasteiger partial charge in [0.15, 0.2) is 0 Å². The molecule has 0 aromatic heterocycles. The summed E-state index contributed by atoms with van der Waals surface area (Å²) in [6.07, 6.45) is 9.58. The first-order chi connectivity index (χ1) is 5.64. The lowest BCUT2D eigenvalue weighted by molar-refractivity contribution is 0.0357. The van der Waals surface area contributed by atoms with E-state index in [0.717, 1.165) is 13.0 Å². The second-order valence-corrected chi connectivity index (χ2v) is 3.95. The maximum atomic E-state index is 5.61. The highest BCUT2D eigenvalue weighted by atomic mass is 16.5. The molecule has 0 radical (unpaired) electrons. The first-order valence-electron chi connectivity index (χ1n) is 4.57. The average Bonchev–Trinajstić information content (AvgIpc) is 2.31. The van der Waals surface area contributed by atoms with Gasteiger partial charge in [-0.05, 0) is 27.2 Å². The summed E-state index contributed by atoms with van der Waals surface area (Å²) in [5.41, 5.74) is 0.0882. The standard InChI is InChI=1S/C11H18O/c1-4-5-6-7-10-8-11(2,3)12-9-10/h4-7,10H,8-9H2,1-3H3/b5-4+,7-6+/t10-/m1/s1. The average molecular weight is 166 g/mol. The Labute approximate surface area is 75.1 Å². The predicted octanol–water partition coefficient (Wildman–Crippen LogP) is 2.93. The van der Waals surface area contributed by atoms with E-state index in [-0.39, 0.29) is 5.60 Å². The molecule has 1 fully saturated rings. The second kappa shape index (κ2) is 3.90. The Morgan fingerprint density at radius 2 is 2.08 bits per heavy atom. The van der Waals surface area contributed by atoms with Crippen LogP contribution in [0.1, 0.15) is 27.2 Å². The summed E-state index contributed by atoms with van der Waals surface area (Å²) in [6.45, 7) is 7.20. The van der Waals surface area contributed by atoms with Crippen LogP contribution >= 0.6 is 0 Å². The molecule has 68 valence electrons. The Kier molecular flexibility index (Phi) is 3.10. The zero-order valence-electron chi connectivity index (χ0n) is 8.21. The van der Waals surface area contributed by atoms with Crippen LogP contribution in [-0.4, -0.2) is 12.2 Å². The largest absolute Gasteiger partial charge is 0.375 e. The van der Waals surface area contributed by atoms with Crippen LogP contribution in [0.3, 0.4) is 0 Å². The van der Waals surface area contributed by atoms with Crippen molar-refractivity contribution in [1.29, 1.82) is 0 Å². The lowest BCUT2D eigenvalue weighted by atomic mass is 9.98. The minimum atomic E-state index is 0.0882. The predicted molar refractivity (Wildman–Crippen MR) is 52.1 cm³/mol. The van der Waals surface area contributed by atoms with Crippen LogP contribution in [0.4, 0.5) is 0 Å². The number of hydrogen-bond donors (Lipinski definition) is 0. The van der Waals surface area contributed by atoms with Gasteiger partial charge in [0.05, 0.1) is 12.2 Å². The Morgan fingerprint density at radius 3 is 2.58 bits per heavy atom. The number of allylic oxidation sites excluding steroid dienone is 3. The van der Waals surface area contributed by atoms with Crippen LogP contribution < -0.4 is 0 Å². The van der Waals surface area contributed by atoms with Crippen molar-refractivity contribution in [3.63, 3.8) is 0 Å². The fraction of sp³-hybridized carbons (Fsp3) is 0.636. The van der Waals surface area contributed by atoms with Gasteiger partial charge in [-0.1, -0.05) is 24.3 Å². The molecule has 1 heteroatoms. The molecular formula is C11H18O. The molecule has 0 bridgehead atoms. The minimum Gasteiger partial charge on any atom is -0.375 e. The molecule has 0 N–H and O–H groups in total. The molecule has 1 saturated heterocycles. The molecule has 0 aromatic rings. The highest BCUT2D eigenvalue weighted by molar-refractivity contribution is 5.05. The van der Waals surface area contributed by atoms with Crippen molar-refractivity contribution in [3.05, 3.63) is 24.3 Å². The molecule has 1 rings (SSSR count). The number of ether oxygens (including phenoxy) is 1. The maximum Gasteiger partial charge on any atom is 0.0633 e. The van der Waals surface area contributed by atoms with E-state index >= 15 is 0 Å². The topological polar surface area (TPSA) is 9.23 Å². The Balaban J connectivity index is 2.38. The molecular weight excluding hydrogens is 148 g/mol. The normalized spacial score (nSPS) is 29.1.